The van der Waals surface area contributed by atoms with Gasteiger partial charge in [0.15, 0.2) is 5.82 Å². The minimum Gasteiger partial charge on any atom is -0.378 e. The molecule has 2 amide bonds. The van der Waals surface area contributed by atoms with Crippen LogP contribution in [0, 0.1) is 5.92 Å². The summed E-state index contributed by atoms with van der Waals surface area (Å²) in [5.74, 6) is 1.98. The van der Waals surface area contributed by atoms with E-state index in [9.17, 15) is 4.79 Å². The van der Waals surface area contributed by atoms with Crippen molar-refractivity contribution in [3.63, 3.8) is 0 Å². The van der Waals surface area contributed by atoms with E-state index in [1.54, 1.807) is 0 Å². The summed E-state index contributed by atoms with van der Waals surface area (Å²) in [6, 6.07) is 7.43. The molecule has 2 aromatic rings. The number of aromatic nitrogens is 2. The molecule has 1 saturated heterocycles. The first kappa shape index (κ1) is 21.2. The number of nitrogens with zero attached hydrogens (tertiary/aromatic N) is 4. The number of urea groups is 1. The summed E-state index contributed by atoms with van der Waals surface area (Å²) in [7, 11) is 0. The number of morpholine rings is 1. The van der Waals surface area contributed by atoms with Crippen molar-refractivity contribution >= 4 is 23.2 Å². The van der Waals surface area contributed by atoms with Gasteiger partial charge in [0.05, 0.1) is 24.6 Å². The normalized spacial score (nSPS) is 16.0. The highest BCUT2D eigenvalue weighted by Crippen LogP contribution is 2.30. The molecular weight excluding hydrogens is 392 g/mol. The summed E-state index contributed by atoms with van der Waals surface area (Å²) in [5.41, 5.74) is 4.85. The second-order valence-electron chi connectivity index (χ2n) is 8.03. The second-order valence-corrected chi connectivity index (χ2v) is 8.03. The molecular formula is C23H30N6O2. The van der Waals surface area contributed by atoms with Crippen LogP contribution in [0.15, 0.2) is 29.3 Å². The van der Waals surface area contributed by atoms with Crippen LogP contribution in [0.2, 0.25) is 0 Å². The van der Waals surface area contributed by atoms with Crippen LogP contribution in [0.25, 0.3) is 11.4 Å². The van der Waals surface area contributed by atoms with E-state index in [0.29, 0.717) is 31.5 Å². The van der Waals surface area contributed by atoms with Gasteiger partial charge in [-0.25, -0.2) is 14.8 Å². The van der Waals surface area contributed by atoms with Crippen molar-refractivity contribution in [2.75, 3.05) is 49.6 Å². The lowest BCUT2D eigenvalue weighted by Gasteiger charge is -2.31. The molecule has 1 aromatic heterocycles. The molecule has 2 N–H and O–H groups in total. The fourth-order valence-corrected chi connectivity index (χ4v) is 3.94. The summed E-state index contributed by atoms with van der Waals surface area (Å²) < 4.78 is 5.55. The maximum absolute atomic E-state index is 11.8. The van der Waals surface area contributed by atoms with E-state index in [4.69, 9.17) is 19.7 Å². The number of nitrogens with one attached hydrogen (secondary N) is 2. The van der Waals surface area contributed by atoms with Crippen LogP contribution in [0.5, 0.6) is 0 Å². The number of aliphatic imine (C=N–C) groups is 1. The van der Waals surface area contributed by atoms with Crippen molar-refractivity contribution in [3.05, 3.63) is 35.5 Å². The Labute approximate surface area is 183 Å². The topological polar surface area (TPSA) is 91.7 Å². The number of hydrogen-bond acceptors (Lipinski definition) is 6. The molecule has 1 fully saturated rings. The van der Waals surface area contributed by atoms with Crippen LogP contribution in [-0.2, 0) is 11.2 Å². The summed E-state index contributed by atoms with van der Waals surface area (Å²) in [4.78, 5) is 28.8. The smallest absolute Gasteiger partial charge is 0.319 e. The summed E-state index contributed by atoms with van der Waals surface area (Å²) in [5, 5.41) is 5.55. The van der Waals surface area contributed by atoms with Gasteiger partial charge in [0.25, 0.3) is 0 Å². The van der Waals surface area contributed by atoms with E-state index < -0.39 is 0 Å². The molecule has 3 heterocycles. The molecule has 8 nitrogen and oxygen atoms in total. The maximum Gasteiger partial charge on any atom is 0.319 e. The van der Waals surface area contributed by atoms with Crippen LogP contribution < -0.4 is 15.5 Å². The Balaban J connectivity index is 1.72. The monoisotopic (exact) mass is 422 g/mol. The molecule has 1 aromatic carbocycles. The molecule has 2 aliphatic rings. The van der Waals surface area contributed by atoms with Gasteiger partial charge in [-0.1, -0.05) is 13.8 Å². The van der Waals surface area contributed by atoms with E-state index in [1.807, 2.05) is 31.2 Å². The Hall–Kier alpha value is -3.00. The van der Waals surface area contributed by atoms with Crippen molar-refractivity contribution in [2.24, 2.45) is 10.9 Å². The third-order valence-corrected chi connectivity index (χ3v) is 5.47. The van der Waals surface area contributed by atoms with E-state index in [-0.39, 0.29) is 6.03 Å². The van der Waals surface area contributed by atoms with Crippen molar-refractivity contribution in [1.82, 2.24) is 15.3 Å². The van der Waals surface area contributed by atoms with E-state index in [2.05, 4.69) is 29.4 Å². The number of ether oxygens (including phenoxy) is 1. The van der Waals surface area contributed by atoms with Gasteiger partial charge in [-0.2, -0.15) is 0 Å². The summed E-state index contributed by atoms with van der Waals surface area (Å²) in [6.07, 6.45) is 0.855. The number of anilines is 2. The first-order valence-corrected chi connectivity index (χ1v) is 11.0. The number of carbonyl (C=O) groups excluding carboxylic acids is 1. The zero-order chi connectivity index (χ0) is 21.8. The van der Waals surface area contributed by atoms with E-state index >= 15 is 0 Å². The molecule has 0 atom stereocenters. The van der Waals surface area contributed by atoms with Gasteiger partial charge >= 0.3 is 6.03 Å². The molecule has 164 valence electrons. The molecule has 0 bridgehead atoms. The zero-order valence-electron chi connectivity index (χ0n) is 18.4. The van der Waals surface area contributed by atoms with E-state index in [1.165, 1.54) is 5.56 Å². The van der Waals surface area contributed by atoms with Crippen LogP contribution in [0.4, 0.5) is 16.3 Å². The average molecular weight is 423 g/mol. The van der Waals surface area contributed by atoms with Crippen LogP contribution in [0.1, 0.15) is 32.0 Å². The highest BCUT2D eigenvalue weighted by molar-refractivity contribution is 6.03. The lowest BCUT2D eigenvalue weighted by molar-refractivity contribution is 0.122. The van der Waals surface area contributed by atoms with Gasteiger partial charge < -0.3 is 20.3 Å². The Kier molecular flexibility index (Phi) is 6.46. The molecule has 4 rings (SSSR count). The predicted octanol–water partition coefficient (Wildman–Crippen LogP) is 3.12. The van der Waals surface area contributed by atoms with Crippen LogP contribution in [-0.4, -0.2) is 61.1 Å². The first-order valence-electron chi connectivity index (χ1n) is 11.0. The number of amides is 2. The molecule has 8 heteroatoms. The SMILES string of the molecule is CCNC(=O)Nc1ccc(-c2nc3c(c(N4CCOCC4)n2)CCN=C3C(C)C)cc1. The van der Waals surface area contributed by atoms with Crippen molar-refractivity contribution in [3.8, 4) is 11.4 Å². The third kappa shape index (κ3) is 4.69. The lowest BCUT2D eigenvalue weighted by Crippen LogP contribution is -2.38. The van der Waals surface area contributed by atoms with Crippen molar-refractivity contribution in [1.29, 1.82) is 0 Å². The number of benzene rings is 1. The summed E-state index contributed by atoms with van der Waals surface area (Å²) >= 11 is 0. The van der Waals surface area contributed by atoms with E-state index in [0.717, 1.165) is 54.5 Å². The predicted molar refractivity (Wildman–Crippen MR) is 123 cm³/mol. The average Bonchev–Trinajstić information content (AvgIpc) is 2.79. The van der Waals surface area contributed by atoms with Crippen LogP contribution >= 0.6 is 0 Å². The highest BCUT2D eigenvalue weighted by atomic mass is 16.5. The van der Waals surface area contributed by atoms with Gasteiger partial charge in [-0.05, 0) is 43.5 Å². The first-order chi connectivity index (χ1) is 15.1. The molecule has 0 saturated carbocycles. The molecule has 0 unspecified atom stereocenters. The summed E-state index contributed by atoms with van der Waals surface area (Å²) in [6.45, 7) is 10.6. The largest absolute Gasteiger partial charge is 0.378 e. The standard InChI is InChI=1S/C23H30N6O2/c1-4-24-23(30)26-17-7-5-16(6-8-17)21-27-20-18(9-10-25-19(20)15(2)3)22(28-21)29-11-13-31-14-12-29/h5-8,15H,4,9-14H2,1-3H3,(H2,24,26,30). The Morgan fingerprint density at radius 3 is 2.58 bits per heavy atom. The van der Waals surface area contributed by atoms with Gasteiger partial charge in [0, 0.05) is 43.0 Å². The fourth-order valence-electron chi connectivity index (χ4n) is 3.94. The fraction of sp³-hybridized carbons (Fsp3) is 0.478. The third-order valence-electron chi connectivity index (χ3n) is 5.47. The maximum atomic E-state index is 11.8. The Morgan fingerprint density at radius 2 is 1.90 bits per heavy atom. The highest BCUT2D eigenvalue weighted by Gasteiger charge is 2.27. The van der Waals surface area contributed by atoms with Gasteiger partial charge in [-0.3, -0.25) is 4.99 Å². The number of fused-ring (bicyclic) bond motifs is 1. The van der Waals surface area contributed by atoms with Crippen molar-refractivity contribution < 1.29 is 9.53 Å². The van der Waals surface area contributed by atoms with Crippen molar-refractivity contribution in [2.45, 2.75) is 27.2 Å². The van der Waals surface area contributed by atoms with Crippen LogP contribution in [0.3, 0.4) is 0 Å². The second kappa shape index (κ2) is 9.43. The molecule has 0 spiro atoms. The number of rotatable bonds is 5. The number of carbonyl (C=O) groups is 1. The van der Waals surface area contributed by atoms with Gasteiger partial charge in [0.1, 0.15) is 5.82 Å². The minimum absolute atomic E-state index is 0.215. The Morgan fingerprint density at radius 1 is 1.16 bits per heavy atom. The number of hydrogen-bond donors (Lipinski definition) is 2. The van der Waals surface area contributed by atoms with Gasteiger partial charge in [-0.15, -0.1) is 0 Å². The lowest BCUT2D eigenvalue weighted by atomic mass is 9.95. The van der Waals surface area contributed by atoms with Gasteiger partial charge in [0.2, 0.25) is 0 Å². The Bertz CT molecular complexity index is 965. The molecule has 0 aliphatic carbocycles. The molecule has 31 heavy (non-hydrogen) atoms. The minimum atomic E-state index is -0.215. The molecule has 2 aliphatic heterocycles. The quantitative estimate of drug-likeness (QED) is 0.772. The zero-order valence-corrected chi connectivity index (χ0v) is 18.4. The molecule has 0 radical (unpaired) electrons.